The lowest BCUT2D eigenvalue weighted by Gasteiger charge is -2.28. The van der Waals surface area contributed by atoms with E-state index < -0.39 is 29.6 Å². The second-order valence-corrected chi connectivity index (χ2v) is 7.93. The van der Waals surface area contributed by atoms with Gasteiger partial charge in [0, 0.05) is 19.1 Å². The average Bonchev–Trinajstić information content (AvgIpc) is 3.22. The Balaban J connectivity index is 0.000000451. The maximum atomic E-state index is 12.8. The van der Waals surface area contributed by atoms with Crippen molar-refractivity contribution in [2.75, 3.05) is 13.7 Å². The quantitative estimate of drug-likeness (QED) is 0.491. The molecule has 1 aromatic rings. The van der Waals surface area contributed by atoms with Crippen LogP contribution in [0.15, 0.2) is 30.3 Å². The Morgan fingerprint density at radius 3 is 2.25 bits per heavy atom. The van der Waals surface area contributed by atoms with Crippen molar-refractivity contribution in [2.45, 2.75) is 56.0 Å². The molecule has 1 aliphatic carbocycles. The van der Waals surface area contributed by atoms with Gasteiger partial charge in [-0.05, 0) is 31.4 Å². The Hall–Kier alpha value is -2.66. The highest BCUT2D eigenvalue weighted by Crippen LogP contribution is 2.51. The number of alkyl halides is 3. The van der Waals surface area contributed by atoms with Crippen LogP contribution in [-0.2, 0) is 19.1 Å². The number of carbonyl (C=O) groups is 3. The van der Waals surface area contributed by atoms with Gasteiger partial charge in [0.1, 0.15) is 5.54 Å². The molecule has 2 aliphatic rings. The van der Waals surface area contributed by atoms with Gasteiger partial charge in [0.15, 0.2) is 0 Å². The monoisotopic (exact) mass is 460 g/mol. The average molecular weight is 460 g/mol. The van der Waals surface area contributed by atoms with Crippen molar-refractivity contribution in [2.24, 2.45) is 5.92 Å². The Morgan fingerprint density at radius 2 is 1.81 bits per heavy atom. The minimum atomic E-state index is -5.08. The van der Waals surface area contributed by atoms with E-state index in [1.54, 1.807) is 14.0 Å². The Labute approximate surface area is 183 Å². The number of carboxylic acid groups (broad SMARTS) is 2. The molecule has 0 radical (unpaired) electrons. The molecule has 2 fully saturated rings. The largest absolute Gasteiger partial charge is 0.490 e. The highest BCUT2D eigenvalue weighted by Gasteiger charge is 2.62. The number of hydrogen-bond donors (Lipinski definition) is 4. The van der Waals surface area contributed by atoms with E-state index in [4.69, 9.17) is 14.6 Å². The SMILES string of the molecule is CO[C@@H]([C@@H]1CCCN1)[C@@H](C)C(=O)N[C@@]1(C(=O)O)C[C@@H]1c1ccccc1.O=C(O)C(F)(F)F. The third-order valence-electron chi connectivity index (χ3n) is 5.81. The van der Waals surface area contributed by atoms with E-state index in [0.717, 1.165) is 24.9 Å². The summed E-state index contributed by atoms with van der Waals surface area (Å²) in [4.78, 5) is 33.5. The van der Waals surface area contributed by atoms with E-state index in [-0.39, 0.29) is 24.0 Å². The maximum absolute atomic E-state index is 12.8. The van der Waals surface area contributed by atoms with Gasteiger partial charge in [0.05, 0.1) is 12.0 Å². The lowest BCUT2D eigenvalue weighted by Crippen LogP contribution is -2.51. The third kappa shape index (κ3) is 5.98. The summed E-state index contributed by atoms with van der Waals surface area (Å²) < 4.78 is 37.3. The van der Waals surface area contributed by atoms with Gasteiger partial charge >= 0.3 is 18.1 Å². The summed E-state index contributed by atoms with van der Waals surface area (Å²) in [6.45, 7) is 2.73. The molecular weight excluding hydrogens is 433 g/mol. The molecule has 32 heavy (non-hydrogen) atoms. The van der Waals surface area contributed by atoms with Crippen molar-refractivity contribution in [3.8, 4) is 0 Å². The topological polar surface area (TPSA) is 125 Å². The summed E-state index contributed by atoms with van der Waals surface area (Å²) in [6.07, 6.45) is -2.90. The van der Waals surface area contributed by atoms with Crippen LogP contribution >= 0.6 is 0 Å². The molecule has 0 unspecified atom stereocenters. The van der Waals surface area contributed by atoms with Gasteiger partial charge in [-0.2, -0.15) is 13.2 Å². The highest BCUT2D eigenvalue weighted by molar-refractivity contribution is 5.92. The number of carbonyl (C=O) groups excluding carboxylic acids is 1. The molecule has 3 rings (SSSR count). The molecule has 4 N–H and O–H groups in total. The third-order valence-corrected chi connectivity index (χ3v) is 5.81. The number of methoxy groups -OCH3 is 1. The normalized spacial score (nSPS) is 26.3. The van der Waals surface area contributed by atoms with E-state index in [9.17, 15) is 27.9 Å². The number of halogens is 3. The minimum Gasteiger partial charge on any atom is -0.479 e. The van der Waals surface area contributed by atoms with E-state index in [1.165, 1.54) is 0 Å². The number of rotatable bonds is 7. The zero-order chi connectivity index (χ0) is 24.1. The Bertz CT molecular complexity index is 814. The first kappa shape index (κ1) is 25.6. The van der Waals surface area contributed by atoms with Gasteiger partial charge in [-0.1, -0.05) is 37.3 Å². The molecule has 11 heteroatoms. The molecule has 1 saturated carbocycles. The second kappa shape index (κ2) is 10.3. The highest BCUT2D eigenvalue weighted by atomic mass is 19.4. The van der Waals surface area contributed by atoms with Crippen LogP contribution in [0.4, 0.5) is 13.2 Å². The summed E-state index contributed by atoms with van der Waals surface area (Å²) in [5, 5.41) is 23.0. The van der Waals surface area contributed by atoms with Crippen LogP contribution in [0.1, 0.15) is 37.7 Å². The number of amides is 1. The van der Waals surface area contributed by atoms with Crippen molar-refractivity contribution < 1.29 is 42.5 Å². The summed E-state index contributed by atoms with van der Waals surface area (Å²) in [5.74, 6) is -4.61. The van der Waals surface area contributed by atoms with Crippen LogP contribution in [0.25, 0.3) is 0 Å². The fraction of sp³-hybridized carbons (Fsp3) is 0.571. The molecule has 1 amide bonds. The summed E-state index contributed by atoms with van der Waals surface area (Å²) in [5.41, 5.74) is -0.257. The first-order valence-corrected chi connectivity index (χ1v) is 10.1. The number of hydrogen-bond acceptors (Lipinski definition) is 5. The molecule has 1 heterocycles. The summed E-state index contributed by atoms with van der Waals surface area (Å²) >= 11 is 0. The van der Waals surface area contributed by atoms with Gasteiger partial charge in [-0.3, -0.25) is 4.79 Å². The fourth-order valence-electron chi connectivity index (χ4n) is 3.97. The van der Waals surface area contributed by atoms with Crippen LogP contribution in [-0.4, -0.2) is 65.6 Å². The summed E-state index contributed by atoms with van der Waals surface area (Å²) in [6, 6.07) is 9.62. The first-order chi connectivity index (χ1) is 14.9. The Morgan fingerprint density at radius 1 is 1.22 bits per heavy atom. The fourth-order valence-corrected chi connectivity index (χ4v) is 3.97. The van der Waals surface area contributed by atoms with Crippen molar-refractivity contribution >= 4 is 17.8 Å². The van der Waals surface area contributed by atoms with E-state index in [0.29, 0.717) is 6.42 Å². The minimum absolute atomic E-state index is 0.135. The summed E-state index contributed by atoms with van der Waals surface area (Å²) in [7, 11) is 1.60. The van der Waals surface area contributed by atoms with Gasteiger partial charge in [0.25, 0.3) is 0 Å². The van der Waals surface area contributed by atoms with Crippen LogP contribution in [0.3, 0.4) is 0 Å². The Kier molecular flexibility index (Phi) is 8.24. The molecule has 1 aliphatic heterocycles. The van der Waals surface area contributed by atoms with Crippen molar-refractivity contribution in [3.05, 3.63) is 35.9 Å². The molecule has 0 bridgehead atoms. The zero-order valence-electron chi connectivity index (χ0n) is 17.7. The maximum Gasteiger partial charge on any atom is 0.490 e. The smallest absolute Gasteiger partial charge is 0.479 e. The molecule has 0 spiro atoms. The number of aliphatic carboxylic acids is 2. The number of nitrogens with one attached hydrogen (secondary N) is 2. The molecule has 178 valence electrons. The van der Waals surface area contributed by atoms with Gasteiger partial charge in [0.2, 0.25) is 5.91 Å². The molecular formula is C21H27F3N2O6. The van der Waals surface area contributed by atoms with Crippen LogP contribution in [0.2, 0.25) is 0 Å². The van der Waals surface area contributed by atoms with Gasteiger partial charge in [-0.25, -0.2) is 9.59 Å². The molecule has 5 atom stereocenters. The first-order valence-electron chi connectivity index (χ1n) is 10.1. The van der Waals surface area contributed by atoms with E-state index in [2.05, 4.69) is 10.6 Å². The predicted octanol–water partition coefficient (Wildman–Crippen LogP) is 2.15. The number of ether oxygens (including phenoxy) is 1. The van der Waals surface area contributed by atoms with Gasteiger partial charge < -0.3 is 25.6 Å². The standard InChI is InChI=1S/C19H26N2O4.C2HF3O2/c1-12(16(25-2)15-9-6-10-20-15)17(22)21-19(18(23)24)11-14(19)13-7-4-3-5-8-13;3-2(4,5)1(6)7/h3-5,7-8,12,14-16,20H,6,9-11H2,1-2H3,(H,21,22)(H,23,24);(H,6,7)/t12-,14-,15+,16-,19+;/m1./s1. The lowest BCUT2D eigenvalue weighted by molar-refractivity contribution is -0.192. The lowest BCUT2D eigenvalue weighted by atomic mass is 9.95. The molecule has 1 saturated heterocycles. The molecule has 1 aromatic carbocycles. The van der Waals surface area contributed by atoms with Crippen molar-refractivity contribution in [3.63, 3.8) is 0 Å². The number of benzene rings is 1. The second-order valence-electron chi connectivity index (χ2n) is 7.93. The van der Waals surface area contributed by atoms with Crippen LogP contribution in [0, 0.1) is 5.92 Å². The van der Waals surface area contributed by atoms with E-state index >= 15 is 0 Å². The predicted molar refractivity (Wildman–Crippen MR) is 107 cm³/mol. The molecule has 0 aromatic heterocycles. The van der Waals surface area contributed by atoms with Crippen LogP contribution < -0.4 is 10.6 Å². The van der Waals surface area contributed by atoms with Gasteiger partial charge in [-0.15, -0.1) is 0 Å². The van der Waals surface area contributed by atoms with E-state index in [1.807, 2.05) is 30.3 Å². The van der Waals surface area contributed by atoms with Crippen LogP contribution in [0.5, 0.6) is 0 Å². The molecule has 8 nitrogen and oxygen atoms in total. The van der Waals surface area contributed by atoms with Crippen molar-refractivity contribution in [1.82, 2.24) is 10.6 Å². The zero-order valence-corrected chi connectivity index (χ0v) is 17.7. The number of carboxylic acids is 2. The van der Waals surface area contributed by atoms with Crippen molar-refractivity contribution in [1.29, 1.82) is 0 Å².